The van der Waals surface area contributed by atoms with Crippen molar-refractivity contribution in [2.75, 3.05) is 24.4 Å². The molecule has 0 aliphatic rings. The second-order valence-corrected chi connectivity index (χ2v) is 7.92. The van der Waals surface area contributed by atoms with Crippen molar-refractivity contribution in [2.24, 2.45) is 0 Å². The van der Waals surface area contributed by atoms with Crippen LogP contribution in [0.2, 0.25) is 0 Å². The Bertz CT molecular complexity index is 1290. The van der Waals surface area contributed by atoms with Crippen LogP contribution in [0, 0.1) is 0 Å². The topological polar surface area (TPSA) is 102 Å². The third-order valence-electron chi connectivity index (χ3n) is 4.78. The van der Waals surface area contributed by atoms with Crippen molar-refractivity contribution in [1.82, 2.24) is 9.97 Å². The van der Waals surface area contributed by atoms with Crippen LogP contribution >= 0.6 is 11.3 Å². The highest BCUT2D eigenvalue weighted by atomic mass is 32.1. The first-order valence-corrected chi connectivity index (χ1v) is 11.3. The van der Waals surface area contributed by atoms with E-state index < -0.39 is 0 Å². The number of methoxy groups -OCH3 is 1. The number of amides is 2. The minimum Gasteiger partial charge on any atom is -0.494 e. The summed E-state index contributed by atoms with van der Waals surface area (Å²) in [5.41, 5.74) is 2.62. The fourth-order valence-corrected chi connectivity index (χ4v) is 3.94. The quantitative estimate of drug-likeness (QED) is 0.368. The molecule has 0 spiro atoms. The van der Waals surface area contributed by atoms with E-state index in [0.717, 1.165) is 16.3 Å². The van der Waals surface area contributed by atoms with Gasteiger partial charge in [-0.15, -0.1) is 11.3 Å². The Morgan fingerprint density at radius 3 is 2.56 bits per heavy atom. The van der Waals surface area contributed by atoms with E-state index in [2.05, 4.69) is 20.6 Å². The molecule has 2 N–H and O–H groups in total. The minimum atomic E-state index is -0.345. The molecule has 2 aromatic carbocycles. The van der Waals surface area contributed by atoms with Crippen LogP contribution < -0.4 is 20.1 Å². The van der Waals surface area contributed by atoms with E-state index in [1.54, 1.807) is 41.9 Å². The van der Waals surface area contributed by atoms with Gasteiger partial charge in [-0.25, -0.2) is 4.98 Å². The van der Waals surface area contributed by atoms with Gasteiger partial charge in [-0.1, -0.05) is 0 Å². The lowest BCUT2D eigenvalue weighted by Crippen LogP contribution is -2.14. The Morgan fingerprint density at radius 1 is 1.03 bits per heavy atom. The Labute approximate surface area is 200 Å². The molecule has 0 aliphatic carbocycles. The maximum absolute atomic E-state index is 12.7. The molecule has 0 unspecified atom stereocenters. The largest absolute Gasteiger partial charge is 0.494 e. The molecule has 0 radical (unpaired) electrons. The van der Waals surface area contributed by atoms with E-state index in [-0.39, 0.29) is 11.8 Å². The van der Waals surface area contributed by atoms with E-state index in [1.807, 2.05) is 31.2 Å². The van der Waals surface area contributed by atoms with Gasteiger partial charge in [0.25, 0.3) is 11.8 Å². The van der Waals surface area contributed by atoms with Gasteiger partial charge in [0.2, 0.25) is 0 Å². The number of rotatable bonds is 8. The Kier molecular flexibility index (Phi) is 7.14. The summed E-state index contributed by atoms with van der Waals surface area (Å²) in [6.07, 6.45) is 3.07. The minimum absolute atomic E-state index is 0.307. The standard InChI is InChI=1S/C25H22N4O4S/c1-3-33-19-9-6-16(7-10-19)25-29-21(15-34-25)24(31)27-18-8-11-20(22(13-18)32-2)28-23(30)17-5-4-12-26-14-17/h4-15H,3H2,1-2H3,(H,27,31)(H,28,30). The number of carbonyl (C=O) groups is 2. The highest BCUT2D eigenvalue weighted by Crippen LogP contribution is 2.30. The first-order valence-electron chi connectivity index (χ1n) is 10.5. The van der Waals surface area contributed by atoms with Crippen LogP contribution in [0.1, 0.15) is 27.8 Å². The molecule has 4 rings (SSSR count). The number of hydrogen-bond donors (Lipinski definition) is 2. The lowest BCUT2D eigenvalue weighted by Gasteiger charge is -2.12. The van der Waals surface area contributed by atoms with Gasteiger partial charge in [0.15, 0.2) is 0 Å². The number of hydrogen-bond acceptors (Lipinski definition) is 7. The fourth-order valence-electron chi connectivity index (χ4n) is 3.13. The van der Waals surface area contributed by atoms with Gasteiger partial charge in [0.05, 0.1) is 25.0 Å². The number of nitrogens with zero attached hydrogens (tertiary/aromatic N) is 2. The lowest BCUT2D eigenvalue weighted by molar-refractivity contribution is 0.101. The maximum Gasteiger partial charge on any atom is 0.275 e. The number of nitrogens with one attached hydrogen (secondary N) is 2. The molecule has 2 aromatic heterocycles. The van der Waals surface area contributed by atoms with Gasteiger partial charge < -0.3 is 20.1 Å². The van der Waals surface area contributed by atoms with Crippen molar-refractivity contribution < 1.29 is 19.1 Å². The zero-order chi connectivity index (χ0) is 23.9. The zero-order valence-electron chi connectivity index (χ0n) is 18.6. The summed E-state index contributed by atoms with van der Waals surface area (Å²) in [5.74, 6) is 0.535. The molecule has 0 aliphatic heterocycles. The molecular weight excluding hydrogens is 452 g/mol. The average Bonchev–Trinajstić information content (AvgIpc) is 3.37. The summed E-state index contributed by atoms with van der Waals surface area (Å²) in [6.45, 7) is 2.53. The number of aromatic nitrogens is 2. The van der Waals surface area contributed by atoms with Gasteiger partial charge in [-0.3, -0.25) is 14.6 Å². The molecular formula is C25H22N4O4S. The van der Waals surface area contributed by atoms with Gasteiger partial charge in [0, 0.05) is 35.1 Å². The predicted octanol–water partition coefficient (Wildman–Crippen LogP) is 5.12. The molecule has 172 valence electrons. The summed E-state index contributed by atoms with van der Waals surface area (Å²) in [6, 6.07) is 15.9. The van der Waals surface area contributed by atoms with Crippen LogP contribution in [0.3, 0.4) is 0 Å². The third kappa shape index (κ3) is 5.38. The molecule has 0 bridgehead atoms. The first-order chi connectivity index (χ1) is 16.6. The maximum atomic E-state index is 12.7. The second kappa shape index (κ2) is 10.6. The predicted molar refractivity (Wildman–Crippen MR) is 132 cm³/mol. The molecule has 9 heteroatoms. The molecule has 2 heterocycles. The van der Waals surface area contributed by atoms with Crippen molar-refractivity contribution in [3.8, 4) is 22.1 Å². The van der Waals surface area contributed by atoms with Crippen molar-refractivity contribution in [3.05, 3.63) is 83.6 Å². The van der Waals surface area contributed by atoms with Crippen molar-refractivity contribution in [1.29, 1.82) is 0 Å². The van der Waals surface area contributed by atoms with Gasteiger partial charge in [-0.05, 0) is 55.5 Å². The normalized spacial score (nSPS) is 10.4. The number of pyridine rings is 1. The van der Waals surface area contributed by atoms with Crippen molar-refractivity contribution in [3.63, 3.8) is 0 Å². The van der Waals surface area contributed by atoms with Crippen molar-refractivity contribution >= 4 is 34.5 Å². The molecule has 0 saturated carbocycles. The second-order valence-electron chi connectivity index (χ2n) is 7.06. The highest BCUT2D eigenvalue weighted by molar-refractivity contribution is 7.13. The molecule has 8 nitrogen and oxygen atoms in total. The van der Waals surface area contributed by atoms with Crippen molar-refractivity contribution in [2.45, 2.75) is 6.92 Å². The van der Waals surface area contributed by atoms with Crippen LogP contribution in [0.25, 0.3) is 10.6 Å². The molecule has 34 heavy (non-hydrogen) atoms. The number of ether oxygens (including phenoxy) is 2. The van der Waals surface area contributed by atoms with E-state index in [1.165, 1.54) is 24.6 Å². The highest BCUT2D eigenvalue weighted by Gasteiger charge is 2.15. The van der Waals surface area contributed by atoms with Crippen LogP contribution in [-0.4, -0.2) is 35.5 Å². The number of anilines is 2. The third-order valence-corrected chi connectivity index (χ3v) is 5.67. The number of benzene rings is 2. The molecule has 4 aromatic rings. The van der Waals surface area contributed by atoms with Gasteiger partial charge >= 0.3 is 0 Å². The Morgan fingerprint density at radius 2 is 1.85 bits per heavy atom. The summed E-state index contributed by atoms with van der Waals surface area (Å²) in [5, 5.41) is 8.05. The summed E-state index contributed by atoms with van der Waals surface area (Å²) < 4.78 is 10.9. The Hall–Kier alpha value is -4.24. The fraction of sp³-hybridized carbons (Fsp3) is 0.120. The van der Waals surface area contributed by atoms with E-state index in [4.69, 9.17) is 9.47 Å². The molecule has 2 amide bonds. The van der Waals surface area contributed by atoms with Gasteiger partial charge in [-0.2, -0.15) is 0 Å². The number of thiazole rings is 1. The number of carbonyl (C=O) groups excluding carboxylic acids is 2. The van der Waals surface area contributed by atoms with E-state index >= 15 is 0 Å². The molecule has 0 saturated heterocycles. The van der Waals surface area contributed by atoms with Crippen LogP contribution in [-0.2, 0) is 0 Å². The summed E-state index contributed by atoms with van der Waals surface area (Å²) in [7, 11) is 1.49. The van der Waals surface area contributed by atoms with Crippen LogP contribution in [0.15, 0.2) is 72.4 Å². The molecule has 0 fully saturated rings. The lowest BCUT2D eigenvalue weighted by atomic mass is 10.2. The summed E-state index contributed by atoms with van der Waals surface area (Å²) >= 11 is 1.39. The first kappa shape index (κ1) is 22.9. The Balaban J connectivity index is 1.44. The van der Waals surface area contributed by atoms with E-state index in [9.17, 15) is 9.59 Å². The van der Waals surface area contributed by atoms with Gasteiger partial charge in [0.1, 0.15) is 22.2 Å². The SMILES string of the molecule is CCOc1ccc(-c2nc(C(=O)Nc3ccc(NC(=O)c4cccnc4)c(OC)c3)cs2)cc1. The average molecular weight is 475 g/mol. The van der Waals surface area contributed by atoms with Crippen LogP contribution in [0.5, 0.6) is 11.5 Å². The monoisotopic (exact) mass is 474 g/mol. The summed E-state index contributed by atoms with van der Waals surface area (Å²) in [4.78, 5) is 33.6. The van der Waals surface area contributed by atoms with E-state index in [0.29, 0.717) is 35.0 Å². The molecule has 0 atom stereocenters. The smallest absolute Gasteiger partial charge is 0.275 e. The zero-order valence-corrected chi connectivity index (χ0v) is 19.4. The van der Waals surface area contributed by atoms with Crippen LogP contribution in [0.4, 0.5) is 11.4 Å².